The van der Waals surface area contributed by atoms with E-state index in [2.05, 4.69) is 31.4 Å². The van der Waals surface area contributed by atoms with Gasteiger partial charge in [0.2, 0.25) is 0 Å². The number of aromatic nitrogens is 2. The smallest absolute Gasteiger partial charge is 0.265 e. The van der Waals surface area contributed by atoms with Gasteiger partial charge in [0.25, 0.3) is 5.91 Å². The molecule has 0 aromatic carbocycles. The minimum atomic E-state index is -0.123. The van der Waals surface area contributed by atoms with Gasteiger partial charge >= 0.3 is 0 Å². The highest BCUT2D eigenvalue weighted by Crippen LogP contribution is 2.22. The Bertz CT molecular complexity index is 437. The molecule has 4 nitrogen and oxygen atoms in total. The van der Waals surface area contributed by atoms with Crippen molar-refractivity contribution in [2.45, 2.75) is 0 Å². The summed E-state index contributed by atoms with van der Waals surface area (Å²) >= 11 is 4.69. The van der Waals surface area contributed by atoms with Crippen LogP contribution in [-0.2, 0) is 0 Å². The first-order valence-electron chi connectivity index (χ1n) is 3.81. The van der Waals surface area contributed by atoms with Crippen molar-refractivity contribution in [3.8, 4) is 0 Å². The number of halogens is 1. The number of carbonyl (C=O) groups is 1. The van der Waals surface area contributed by atoms with Gasteiger partial charge in [-0.1, -0.05) is 0 Å². The highest BCUT2D eigenvalue weighted by Gasteiger charge is 2.08. The molecule has 0 aliphatic rings. The second kappa shape index (κ2) is 3.93. The molecule has 0 atom stereocenters. The van der Waals surface area contributed by atoms with E-state index < -0.39 is 0 Å². The zero-order valence-corrected chi connectivity index (χ0v) is 9.35. The van der Waals surface area contributed by atoms with E-state index in [9.17, 15) is 4.79 Å². The molecule has 1 amide bonds. The molecule has 14 heavy (non-hydrogen) atoms. The van der Waals surface area contributed by atoms with Crippen molar-refractivity contribution in [3.05, 3.63) is 33.2 Å². The summed E-state index contributed by atoms with van der Waals surface area (Å²) in [5, 5.41) is 9.06. The molecule has 0 fully saturated rings. The molecule has 6 heteroatoms. The summed E-state index contributed by atoms with van der Waals surface area (Å²) in [7, 11) is 0. The molecule has 2 heterocycles. The zero-order chi connectivity index (χ0) is 9.97. The van der Waals surface area contributed by atoms with Gasteiger partial charge < -0.3 is 5.32 Å². The number of anilines is 1. The topological polar surface area (TPSA) is 57.8 Å². The summed E-state index contributed by atoms with van der Waals surface area (Å²) in [6.45, 7) is 0. The van der Waals surface area contributed by atoms with E-state index in [1.54, 1.807) is 18.5 Å². The van der Waals surface area contributed by atoms with Crippen LogP contribution in [0.25, 0.3) is 0 Å². The monoisotopic (exact) mass is 271 g/mol. The maximum Gasteiger partial charge on any atom is 0.265 e. The summed E-state index contributed by atoms with van der Waals surface area (Å²) < 4.78 is 0.940. The molecule has 0 aliphatic heterocycles. The molecule has 0 unspecified atom stereocenters. The Balaban J connectivity index is 2.10. The van der Waals surface area contributed by atoms with E-state index in [4.69, 9.17) is 0 Å². The SMILES string of the molecule is O=C(Nc1cn[nH]c1)c1ccc(Br)s1. The molecule has 72 valence electrons. The first-order valence-corrected chi connectivity index (χ1v) is 5.42. The van der Waals surface area contributed by atoms with Crippen LogP contribution in [0.5, 0.6) is 0 Å². The molecule has 2 aromatic heterocycles. The molecule has 2 rings (SSSR count). The standard InChI is InChI=1S/C8H6BrN3OS/c9-7-2-1-6(14-7)8(13)12-5-3-10-11-4-5/h1-4H,(H,10,11)(H,12,13). The van der Waals surface area contributed by atoms with E-state index in [1.807, 2.05) is 6.07 Å². The van der Waals surface area contributed by atoms with Gasteiger partial charge in [0.05, 0.1) is 20.5 Å². The van der Waals surface area contributed by atoms with Crippen LogP contribution < -0.4 is 5.32 Å². The molecule has 0 aliphatic carbocycles. The number of H-pyrrole nitrogens is 1. The molecular weight excluding hydrogens is 266 g/mol. The number of aromatic amines is 1. The van der Waals surface area contributed by atoms with Gasteiger partial charge in [-0.05, 0) is 28.1 Å². The van der Waals surface area contributed by atoms with Crippen molar-refractivity contribution >= 4 is 38.9 Å². The third-order valence-electron chi connectivity index (χ3n) is 1.55. The van der Waals surface area contributed by atoms with Crippen LogP contribution in [0.15, 0.2) is 28.3 Å². The molecule has 0 bridgehead atoms. The average molecular weight is 272 g/mol. The Hall–Kier alpha value is -1.14. The summed E-state index contributed by atoms with van der Waals surface area (Å²) in [5.74, 6) is -0.123. The molecular formula is C8H6BrN3OS. The van der Waals surface area contributed by atoms with Gasteiger partial charge in [0, 0.05) is 6.20 Å². The van der Waals surface area contributed by atoms with Gasteiger partial charge in [-0.2, -0.15) is 5.10 Å². The number of thiophene rings is 1. The second-order valence-electron chi connectivity index (χ2n) is 2.54. The number of hydrogen-bond acceptors (Lipinski definition) is 3. The summed E-state index contributed by atoms with van der Waals surface area (Å²) in [4.78, 5) is 12.2. The second-order valence-corrected chi connectivity index (χ2v) is 5.01. The molecule has 0 saturated heterocycles. The molecule has 0 radical (unpaired) electrons. The third kappa shape index (κ3) is 2.02. The number of amides is 1. The normalized spacial score (nSPS) is 10.1. The minimum Gasteiger partial charge on any atom is -0.319 e. The molecule has 2 aromatic rings. The van der Waals surface area contributed by atoms with Gasteiger partial charge in [-0.3, -0.25) is 9.89 Å². The van der Waals surface area contributed by atoms with Crippen molar-refractivity contribution in [3.63, 3.8) is 0 Å². The van der Waals surface area contributed by atoms with Gasteiger partial charge in [0.15, 0.2) is 0 Å². The lowest BCUT2D eigenvalue weighted by Gasteiger charge is -1.97. The van der Waals surface area contributed by atoms with E-state index in [0.717, 1.165) is 3.79 Å². The molecule has 0 saturated carbocycles. The first kappa shape index (κ1) is 9.42. The Morgan fingerprint density at radius 3 is 3.00 bits per heavy atom. The van der Waals surface area contributed by atoms with Crippen LogP contribution >= 0.6 is 27.3 Å². The maximum atomic E-state index is 11.6. The van der Waals surface area contributed by atoms with E-state index in [1.165, 1.54) is 11.3 Å². The third-order valence-corrected chi connectivity index (χ3v) is 3.18. The van der Waals surface area contributed by atoms with Crippen LogP contribution in [0.1, 0.15) is 9.67 Å². The fourth-order valence-corrected chi connectivity index (χ4v) is 2.23. The number of nitrogens with one attached hydrogen (secondary N) is 2. The van der Waals surface area contributed by atoms with E-state index in [0.29, 0.717) is 10.6 Å². The van der Waals surface area contributed by atoms with Crippen LogP contribution in [0, 0.1) is 0 Å². The van der Waals surface area contributed by atoms with Crippen molar-refractivity contribution in [2.75, 3.05) is 5.32 Å². The fraction of sp³-hybridized carbons (Fsp3) is 0. The largest absolute Gasteiger partial charge is 0.319 e. The predicted octanol–water partition coefficient (Wildman–Crippen LogP) is 2.49. The predicted molar refractivity (Wildman–Crippen MR) is 58.6 cm³/mol. The Kier molecular flexibility index (Phi) is 2.64. The summed E-state index contributed by atoms with van der Waals surface area (Å²) in [6.07, 6.45) is 3.18. The van der Waals surface area contributed by atoms with Crippen molar-refractivity contribution < 1.29 is 4.79 Å². The number of carbonyl (C=O) groups excluding carboxylic acids is 1. The Morgan fingerprint density at radius 1 is 1.57 bits per heavy atom. The van der Waals surface area contributed by atoms with Crippen LogP contribution in [0.4, 0.5) is 5.69 Å². The van der Waals surface area contributed by atoms with Crippen LogP contribution in [0.2, 0.25) is 0 Å². The van der Waals surface area contributed by atoms with Crippen molar-refractivity contribution in [1.82, 2.24) is 10.2 Å². The lowest BCUT2D eigenvalue weighted by molar-refractivity contribution is 0.103. The van der Waals surface area contributed by atoms with E-state index in [-0.39, 0.29) is 5.91 Å². The number of rotatable bonds is 2. The van der Waals surface area contributed by atoms with Crippen LogP contribution in [0.3, 0.4) is 0 Å². The Labute approximate surface area is 92.5 Å². The first-order chi connectivity index (χ1) is 6.75. The number of hydrogen-bond donors (Lipinski definition) is 2. The van der Waals surface area contributed by atoms with Gasteiger partial charge in [-0.15, -0.1) is 11.3 Å². The van der Waals surface area contributed by atoms with Crippen molar-refractivity contribution in [1.29, 1.82) is 0 Å². The quantitative estimate of drug-likeness (QED) is 0.882. The number of nitrogens with zero attached hydrogens (tertiary/aromatic N) is 1. The average Bonchev–Trinajstić information content (AvgIpc) is 2.75. The van der Waals surface area contributed by atoms with E-state index >= 15 is 0 Å². The minimum absolute atomic E-state index is 0.123. The molecule has 0 spiro atoms. The maximum absolute atomic E-state index is 11.6. The highest BCUT2D eigenvalue weighted by molar-refractivity contribution is 9.11. The Morgan fingerprint density at radius 2 is 2.43 bits per heavy atom. The lowest BCUT2D eigenvalue weighted by atomic mass is 10.4. The zero-order valence-electron chi connectivity index (χ0n) is 6.95. The summed E-state index contributed by atoms with van der Waals surface area (Å²) in [5.41, 5.74) is 0.666. The van der Waals surface area contributed by atoms with Gasteiger partial charge in [-0.25, -0.2) is 0 Å². The van der Waals surface area contributed by atoms with Crippen LogP contribution in [-0.4, -0.2) is 16.1 Å². The van der Waals surface area contributed by atoms with Gasteiger partial charge in [0.1, 0.15) is 0 Å². The highest BCUT2D eigenvalue weighted by atomic mass is 79.9. The molecule has 2 N–H and O–H groups in total. The van der Waals surface area contributed by atoms with Crippen molar-refractivity contribution in [2.24, 2.45) is 0 Å². The fourth-order valence-electron chi connectivity index (χ4n) is 0.948. The summed E-state index contributed by atoms with van der Waals surface area (Å²) in [6, 6.07) is 3.61. The lowest BCUT2D eigenvalue weighted by Crippen LogP contribution is -2.09.